The van der Waals surface area contributed by atoms with Gasteiger partial charge in [0.15, 0.2) is 0 Å². The van der Waals surface area contributed by atoms with Crippen LogP contribution in [-0.4, -0.2) is 70.8 Å². The van der Waals surface area contributed by atoms with E-state index in [2.05, 4.69) is 12.2 Å². The van der Waals surface area contributed by atoms with E-state index < -0.39 is 41.1 Å². The predicted molar refractivity (Wildman–Crippen MR) is 129 cm³/mol. The van der Waals surface area contributed by atoms with Crippen LogP contribution in [0, 0.1) is 11.8 Å². The van der Waals surface area contributed by atoms with Crippen molar-refractivity contribution in [2.45, 2.75) is 82.6 Å². The minimum atomic E-state index is -1.11. The standard InChI is InChI=1S/C27H38N2O6/c1-4-6-10-15-28-23(31)22-27-14-13-26(3,35-27)21(25(33)34-5-2)20(27)24(32)29(22)19(17-30)16-18-11-8-7-9-12-18/h7-9,11-12,19-22,30H,4-6,10,13-17H2,1-3H3,(H,28,31)/t19-,20+,21+,22?,26-,27?/m1/s1. The SMILES string of the molecule is CCCCCNC(=O)C1N([C@@H](CO)Cc2ccccc2)C(=O)[C@@H]2[C@@H](C(=O)OCC)[C@@]3(C)CCC12O3. The second-order valence-corrected chi connectivity index (χ2v) is 10.2. The van der Waals surface area contributed by atoms with Crippen molar-refractivity contribution < 1.29 is 29.0 Å². The highest BCUT2D eigenvalue weighted by Gasteiger charge is 2.78. The molecule has 1 aromatic rings. The van der Waals surface area contributed by atoms with Gasteiger partial charge in [0, 0.05) is 6.54 Å². The molecule has 4 rings (SSSR count). The second-order valence-electron chi connectivity index (χ2n) is 10.2. The van der Waals surface area contributed by atoms with Crippen molar-refractivity contribution in [3.63, 3.8) is 0 Å². The molecule has 3 fully saturated rings. The molecule has 8 nitrogen and oxygen atoms in total. The number of unbranched alkanes of at least 4 members (excludes halogenated alkanes) is 2. The van der Waals surface area contributed by atoms with E-state index in [1.54, 1.807) is 6.92 Å². The fourth-order valence-electron chi connectivity index (χ4n) is 6.47. The molecule has 6 atom stereocenters. The Bertz CT molecular complexity index is 939. The summed E-state index contributed by atoms with van der Waals surface area (Å²) in [4.78, 5) is 42.3. The summed E-state index contributed by atoms with van der Waals surface area (Å²) in [6.07, 6.45) is 4.33. The Labute approximate surface area is 207 Å². The number of hydrogen-bond acceptors (Lipinski definition) is 6. The Kier molecular flexibility index (Phi) is 7.52. The van der Waals surface area contributed by atoms with Crippen molar-refractivity contribution in [3.05, 3.63) is 35.9 Å². The zero-order valence-corrected chi connectivity index (χ0v) is 21.0. The highest BCUT2D eigenvalue weighted by Crippen LogP contribution is 2.63. The number of nitrogens with zero attached hydrogens (tertiary/aromatic N) is 1. The van der Waals surface area contributed by atoms with Gasteiger partial charge in [-0.15, -0.1) is 0 Å². The summed E-state index contributed by atoms with van der Waals surface area (Å²) in [7, 11) is 0. The van der Waals surface area contributed by atoms with Gasteiger partial charge in [0.25, 0.3) is 0 Å². The number of carbonyl (C=O) groups is 3. The molecule has 8 heteroatoms. The fraction of sp³-hybridized carbons (Fsp3) is 0.667. The van der Waals surface area contributed by atoms with E-state index in [1.807, 2.05) is 37.3 Å². The van der Waals surface area contributed by atoms with Crippen molar-refractivity contribution in [2.75, 3.05) is 19.8 Å². The van der Waals surface area contributed by atoms with E-state index >= 15 is 0 Å². The number of aliphatic hydroxyl groups is 1. The summed E-state index contributed by atoms with van der Waals surface area (Å²) < 4.78 is 11.9. The second kappa shape index (κ2) is 10.3. The van der Waals surface area contributed by atoms with Crippen LogP contribution in [0.25, 0.3) is 0 Å². The average molecular weight is 487 g/mol. The summed E-state index contributed by atoms with van der Waals surface area (Å²) in [6.45, 7) is 6.10. The molecule has 192 valence electrons. The molecule has 2 unspecified atom stereocenters. The molecular formula is C27H38N2O6. The number of benzene rings is 1. The first-order valence-electron chi connectivity index (χ1n) is 12.9. The Morgan fingerprint density at radius 3 is 2.63 bits per heavy atom. The maximum Gasteiger partial charge on any atom is 0.312 e. The number of amides is 2. The monoisotopic (exact) mass is 486 g/mol. The lowest BCUT2D eigenvalue weighted by Crippen LogP contribution is -2.58. The van der Waals surface area contributed by atoms with Crippen LogP contribution in [-0.2, 0) is 30.3 Å². The number of aliphatic hydroxyl groups excluding tert-OH is 1. The lowest BCUT2D eigenvalue weighted by Gasteiger charge is -2.37. The van der Waals surface area contributed by atoms with Crippen molar-refractivity contribution in [1.82, 2.24) is 10.2 Å². The summed E-state index contributed by atoms with van der Waals surface area (Å²) in [6, 6.07) is 8.07. The predicted octanol–water partition coefficient (Wildman–Crippen LogP) is 2.22. The Morgan fingerprint density at radius 2 is 1.97 bits per heavy atom. The third-order valence-electron chi connectivity index (χ3n) is 8.00. The summed E-state index contributed by atoms with van der Waals surface area (Å²) in [5.74, 6) is -2.63. The molecule has 1 aromatic carbocycles. The third kappa shape index (κ3) is 4.35. The van der Waals surface area contributed by atoms with Gasteiger partial charge in [0.1, 0.15) is 17.6 Å². The minimum absolute atomic E-state index is 0.206. The van der Waals surface area contributed by atoms with E-state index in [0.29, 0.717) is 25.8 Å². The largest absolute Gasteiger partial charge is 0.466 e. The fourth-order valence-corrected chi connectivity index (χ4v) is 6.47. The van der Waals surface area contributed by atoms with Crippen LogP contribution in [0.15, 0.2) is 30.3 Å². The van der Waals surface area contributed by atoms with Crippen molar-refractivity contribution >= 4 is 17.8 Å². The molecule has 0 aromatic heterocycles. The number of rotatable bonds is 11. The van der Waals surface area contributed by atoms with E-state index in [0.717, 1.165) is 24.8 Å². The van der Waals surface area contributed by atoms with Crippen LogP contribution < -0.4 is 5.32 Å². The van der Waals surface area contributed by atoms with Crippen molar-refractivity contribution in [3.8, 4) is 0 Å². The van der Waals surface area contributed by atoms with Gasteiger partial charge in [-0.05, 0) is 45.1 Å². The molecule has 3 aliphatic rings. The van der Waals surface area contributed by atoms with Gasteiger partial charge in [-0.25, -0.2) is 0 Å². The number of hydrogen-bond donors (Lipinski definition) is 2. The van der Waals surface area contributed by atoms with Crippen molar-refractivity contribution in [1.29, 1.82) is 0 Å². The minimum Gasteiger partial charge on any atom is -0.466 e. The molecule has 2 N–H and O–H groups in total. The Hall–Kier alpha value is -2.45. The smallest absolute Gasteiger partial charge is 0.312 e. The Balaban J connectivity index is 1.71. The van der Waals surface area contributed by atoms with Crippen LogP contribution in [0.3, 0.4) is 0 Å². The molecule has 2 amide bonds. The van der Waals surface area contributed by atoms with Crippen LogP contribution in [0.2, 0.25) is 0 Å². The highest BCUT2D eigenvalue weighted by molar-refractivity contribution is 5.98. The maximum absolute atomic E-state index is 14.1. The average Bonchev–Trinajstić information content (AvgIpc) is 3.42. The van der Waals surface area contributed by atoms with Crippen LogP contribution in [0.1, 0.15) is 58.4 Å². The summed E-state index contributed by atoms with van der Waals surface area (Å²) >= 11 is 0. The lowest BCUT2D eigenvalue weighted by molar-refractivity contribution is -0.160. The number of carbonyl (C=O) groups excluding carboxylic acids is 3. The number of likely N-dealkylation sites (tertiary alicyclic amines) is 1. The number of nitrogens with one attached hydrogen (secondary N) is 1. The van der Waals surface area contributed by atoms with E-state index in [1.165, 1.54) is 4.90 Å². The zero-order chi connectivity index (χ0) is 25.2. The van der Waals surface area contributed by atoms with E-state index in [9.17, 15) is 19.5 Å². The first-order chi connectivity index (χ1) is 16.8. The lowest BCUT2D eigenvalue weighted by atomic mass is 9.66. The van der Waals surface area contributed by atoms with Gasteiger partial charge in [-0.2, -0.15) is 0 Å². The molecule has 3 heterocycles. The topological polar surface area (TPSA) is 105 Å². The van der Waals surface area contributed by atoms with Gasteiger partial charge in [-0.1, -0.05) is 50.1 Å². The van der Waals surface area contributed by atoms with Gasteiger partial charge < -0.3 is 24.8 Å². The van der Waals surface area contributed by atoms with Crippen LogP contribution >= 0.6 is 0 Å². The quantitative estimate of drug-likeness (QED) is 0.367. The molecule has 3 saturated heterocycles. The van der Waals surface area contributed by atoms with Gasteiger partial charge in [0.2, 0.25) is 11.8 Å². The van der Waals surface area contributed by atoms with Gasteiger partial charge in [0.05, 0.1) is 30.8 Å². The molecular weight excluding hydrogens is 448 g/mol. The summed E-state index contributed by atoms with van der Waals surface area (Å²) in [5.41, 5.74) is -1.01. The van der Waals surface area contributed by atoms with E-state index in [4.69, 9.17) is 9.47 Å². The Morgan fingerprint density at radius 1 is 1.23 bits per heavy atom. The molecule has 0 aliphatic carbocycles. The number of ether oxygens (including phenoxy) is 2. The molecule has 2 bridgehead atoms. The maximum atomic E-state index is 14.1. The first kappa shape index (κ1) is 25.6. The molecule has 1 spiro atoms. The first-order valence-corrected chi connectivity index (χ1v) is 12.9. The summed E-state index contributed by atoms with van der Waals surface area (Å²) in [5, 5.41) is 13.4. The van der Waals surface area contributed by atoms with Crippen LogP contribution in [0.4, 0.5) is 0 Å². The van der Waals surface area contributed by atoms with Crippen molar-refractivity contribution in [2.24, 2.45) is 11.8 Å². The molecule has 0 radical (unpaired) electrons. The normalized spacial score (nSPS) is 31.9. The van der Waals surface area contributed by atoms with Crippen LogP contribution in [0.5, 0.6) is 0 Å². The molecule has 3 aliphatic heterocycles. The highest BCUT2D eigenvalue weighted by atomic mass is 16.6. The third-order valence-corrected chi connectivity index (χ3v) is 8.00. The number of fused-ring (bicyclic) bond motifs is 1. The van der Waals surface area contributed by atoms with Gasteiger partial charge >= 0.3 is 5.97 Å². The molecule has 35 heavy (non-hydrogen) atoms. The zero-order valence-electron chi connectivity index (χ0n) is 21.0. The van der Waals surface area contributed by atoms with Gasteiger partial charge in [-0.3, -0.25) is 14.4 Å². The van der Waals surface area contributed by atoms with E-state index in [-0.39, 0.29) is 25.0 Å². The number of esters is 1. The molecule has 0 saturated carbocycles.